The number of carbonyl (C=O) groups is 1. The van der Waals surface area contributed by atoms with Crippen LogP contribution in [-0.4, -0.2) is 62.7 Å². The third-order valence-electron chi connectivity index (χ3n) is 5.49. The molecule has 150 valence electrons. The Balaban J connectivity index is 1.44. The van der Waals surface area contributed by atoms with Crippen molar-refractivity contribution < 1.29 is 13.9 Å². The Labute approximate surface area is 163 Å². The van der Waals surface area contributed by atoms with E-state index < -0.39 is 11.7 Å². The number of carbonyl (C=O) groups excluding carboxylic acids is 1. The molecule has 2 aliphatic heterocycles. The molecule has 0 aromatic carbocycles. The van der Waals surface area contributed by atoms with E-state index in [1.807, 2.05) is 17.7 Å². The normalized spacial score (nSPS) is 21.4. The SMILES string of the molecule is Cc1cnc(CNC(=O)C2Cn3ccnc3C3(CCN(CCF)CC3)O2)cn1. The number of hydrogen-bond donors (Lipinski definition) is 1. The van der Waals surface area contributed by atoms with E-state index in [-0.39, 0.29) is 12.6 Å². The van der Waals surface area contributed by atoms with Crippen LogP contribution in [0.1, 0.15) is 30.1 Å². The van der Waals surface area contributed by atoms with Crippen molar-refractivity contribution in [2.24, 2.45) is 0 Å². The molecule has 2 aromatic heterocycles. The first-order valence-electron chi connectivity index (χ1n) is 9.63. The zero-order chi connectivity index (χ0) is 19.6. The molecule has 0 bridgehead atoms. The summed E-state index contributed by atoms with van der Waals surface area (Å²) in [4.78, 5) is 27.8. The quantitative estimate of drug-likeness (QED) is 0.821. The molecular formula is C19H25FN6O2. The first-order chi connectivity index (χ1) is 13.6. The third kappa shape index (κ3) is 3.77. The van der Waals surface area contributed by atoms with Crippen LogP contribution in [0.15, 0.2) is 24.8 Å². The maximum absolute atomic E-state index is 12.8. The first kappa shape index (κ1) is 18.9. The number of alkyl halides is 1. The minimum atomic E-state index is -0.604. The van der Waals surface area contributed by atoms with Gasteiger partial charge in [-0.25, -0.2) is 9.37 Å². The molecule has 1 unspecified atom stereocenters. The lowest BCUT2D eigenvalue weighted by Gasteiger charge is -2.45. The number of hydrogen-bond acceptors (Lipinski definition) is 6. The molecule has 4 heterocycles. The van der Waals surface area contributed by atoms with Crippen LogP contribution >= 0.6 is 0 Å². The summed E-state index contributed by atoms with van der Waals surface area (Å²) < 4.78 is 21.0. The topological polar surface area (TPSA) is 85.2 Å². The molecular weight excluding hydrogens is 363 g/mol. The molecule has 0 saturated carbocycles. The summed E-state index contributed by atoms with van der Waals surface area (Å²) in [6.07, 6.45) is 7.75. The molecule has 2 aliphatic rings. The number of fused-ring (bicyclic) bond motifs is 2. The van der Waals surface area contributed by atoms with Crippen molar-refractivity contribution in [3.05, 3.63) is 42.0 Å². The zero-order valence-electron chi connectivity index (χ0n) is 16.0. The summed E-state index contributed by atoms with van der Waals surface area (Å²) in [7, 11) is 0. The van der Waals surface area contributed by atoms with Gasteiger partial charge < -0.3 is 19.5 Å². The lowest BCUT2D eigenvalue weighted by Crippen LogP contribution is -2.54. The highest BCUT2D eigenvalue weighted by Crippen LogP contribution is 2.40. The second-order valence-electron chi connectivity index (χ2n) is 7.40. The van der Waals surface area contributed by atoms with E-state index in [9.17, 15) is 9.18 Å². The van der Waals surface area contributed by atoms with Gasteiger partial charge in [0.1, 0.15) is 18.1 Å². The van der Waals surface area contributed by atoms with E-state index in [4.69, 9.17) is 4.74 Å². The number of aryl methyl sites for hydroxylation is 1. The average molecular weight is 388 g/mol. The molecule has 0 aliphatic carbocycles. The number of nitrogens with one attached hydrogen (secondary N) is 1. The van der Waals surface area contributed by atoms with Gasteiger partial charge in [0.25, 0.3) is 5.91 Å². The van der Waals surface area contributed by atoms with Crippen LogP contribution in [0.4, 0.5) is 4.39 Å². The number of piperidine rings is 1. The second kappa shape index (κ2) is 7.92. The van der Waals surface area contributed by atoms with Gasteiger partial charge in [-0.2, -0.15) is 0 Å². The molecule has 1 N–H and O–H groups in total. The van der Waals surface area contributed by atoms with Crippen molar-refractivity contribution in [1.29, 1.82) is 0 Å². The fourth-order valence-electron chi connectivity index (χ4n) is 3.93. The fourth-order valence-corrected chi connectivity index (χ4v) is 3.93. The Bertz CT molecular complexity index is 816. The highest BCUT2D eigenvalue weighted by Gasteiger charge is 2.46. The maximum atomic E-state index is 12.8. The first-order valence-corrected chi connectivity index (χ1v) is 9.63. The molecule has 1 saturated heterocycles. The van der Waals surface area contributed by atoms with E-state index in [2.05, 4.69) is 25.2 Å². The number of nitrogens with zero attached hydrogens (tertiary/aromatic N) is 5. The molecule has 4 rings (SSSR count). The number of imidazole rings is 1. The number of halogens is 1. The van der Waals surface area contributed by atoms with Gasteiger partial charge in [0.2, 0.25) is 0 Å². The molecule has 8 nitrogen and oxygen atoms in total. The second-order valence-corrected chi connectivity index (χ2v) is 7.40. The summed E-state index contributed by atoms with van der Waals surface area (Å²) in [5, 5.41) is 2.90. The minimum Gasteiger partial charge on any atom is -0.352 e. The molecule has 1 atom stereocenters. The fraction of sp³-hybridized carbons (Fsp3) is 0.579. The van der Waals surface area contributed by atoms with Crippen molar-refractivity contribution >= 4 is 5.91 Å². The number of rotatable bonds is 5. The standard InChI is InChI=1S/C19H25FN6O2/c1-14-10-23-15(11-22-14)12-24-17(27)16-13-26-9-5-21-18(26)19(28-16)2-6-25(7-3-19)8-4-20/h5,9-11,16H,2-4,6-8,12-13H2,1H3,(H,24,27). The molecule has 1 fully saturated rings. The van der Waals surface area contributed by atoms with E-state index in [0.717, 1.165) is 24.6 Å². The summed E-state index contributed by atoms with van der Waals surface area (Å²) in [6, 6.07) is 0. The van der Waals surface area contributed by atoms with Gasteiger partial charge in [0.15, 0.2) is 6.10 Å². The molecule has 2 aromatic rings. The van der Waals surface area contributed by atoms with Crippen LogP contribution in [0.2, 0.25) is 0 Å². The smallest absolute Gasteiger partial charge is 0.251 e. The summed E-state index contributed by atoms with van der Waals surface area (Å²) >= 11 is 0. The molecule has 1 spiro atoms. The van der Waals surface area contributed by atoms with Crippen molar-refractivity contribution in [2.45, 2.75) is 44.6 Å². The van der Waals surface area contributed by atoms with Gasteiger partial charge in [0.05, 0.1) is 30.7 Å². The average Bonchev–Trinajstić information content (AvgIpc) is 3.19. The van der Waals surface area contributed by atoms with Crippen molar-refractivity contribution in [1.82, 2.24) is 29.7 Å². The number of ether oxygens (including phenoxy) is 1. The van der Waals surface area contributed by atoms with Crippen LogP contribution in [0.25, 0.3) is 0 Å². The lowest BCUT2D eigenvalue weighted by molar-refractivity contribution is -0.173. The predicted octanol–water partition coefficient (Wildman–Crippen LogP) is 0.957. The van der Waals surface area contributed by atoms with Crippen LogP contribution in [0, 0.1) is 6.92 Å². The van der Waals surface area contributed by atoms with Crippen LogP contribution in [0.5, 0.6) is 0 Å². The van der Waals surface area contributed by atoms with Gasteiger partial charge in [-0.3, -0.25) is 14.8 Å². The Morgan fingerprint density at radius 1 is 1.32 bits per heavy atom. The van der Waals surface area contributed by atoms with Crippen molar-refractivity contribution in [3.63, 3.8) is 0 Å². The zero-order valence-corrected chi connectivity index (χ0v) is 16.0. The van der Waals surface area contributed by atoms with E-state index in [0.29, 0.717) is 38.2 Å². The Kier molecular flexibility index (Phi) is 5.36. The third-order valence-corrected chi connectivity index (χ3v) is 5.49. The van der Waals surface area contributed by atoms with Gasteiger partial charge in [0, 0.05) is 38.2 Å². The van der Waals surface area contributed by atoms with Gasteiger partial charge in [-0.15, -0.1) is 0 Å². The largest absolute Gasteiger partial charge is 0.352 e. The Morgan fingerprint density at radius 3 is 2.86 bits per heavy atom. The van der Waals surface area contributed by atoms with Crippen LogP contribution in [-0.2, 0) is 28.2 Å². The molecule has 9 heteroatoms. The van der Waals surface area contributed by atoms with Gasteiger partial charge in [-0.05, 0) is 19.8 Å². The van der Waals surface area contributed by atoms with Crippen LogP contribution < -0.4 is 5.32 Å². The maximum Gasteiger partial charge on any atom is 0.251 e. The number of aromatic nitrogens is 4. The van der Waals surface area contributed by atoms with Gasteiger partial charge in [-0.1, -0.05) is 0 Å². The predicted molar refractivity (Wildman–Crippen MR) is 99.0 cm³/mol. The monoisotopic (exact) mass is 388 g/mol. The van der Waals surface area contributed by atoms with Crippen molar-refractivity contribution in [3.8, 4) is 0 Å². The van der Waals surface area contributed by atoms with Gasteiger partial charge >= 0.3 is 0 Å². The Morgan fingerprint density at radius 2 is 2.14 bits per heavy atom. The summed E-state index contributed by atoms with van der Waals surface area (Å²) in [6.45, 7) is 4.14. The molecule has 1 amide bonds. The molecule has 0 radical (unpaired) electrons. The highest BCUT2D eigenvalue weighted by atomic mass is 19.1. The Hall–Kier alpha value is -2.39. The lowest BCUT2D eigenvalue weighted by atomic mass is 9.88. The van der Waals surface area contributed by atoms with E-state index >= 15 is 0 Å². The van der Waals surface area contributed by atoms with Crippen molar-refractivity contribution in [2.75, 3.05) is 26.3 Å². The van der Waals surface area contributed by atoms with E-state index in [1.165, 1.54) is 0 Å². The number of amides is 1. The summed E-state index contributed by atoms with van der Waals surface area (Å²) in [5.41, 5.74) is 0.937. The highest BCUT2D eigenvalue weighted by molar-refractivity contribution is 5.80. The minimum absolute atomic E-state index is 0.174. The van der Waals surface area contributed by atoms with E-state index in [1.54, 1.807) is 18.6 Å². The summed E-state index contributed by atoms with van der Waals surface area (Å²) in [5.74, 6) is 0.688. The van der Waals surface area contributed by atoms with Crippen LogP contribution in [0.3, 0.4) is 0 Å². The molecule has 28 heavy (non-hydrogen) atoms. The number of likely N-dealkylation sites (tertiary alicyclic amines) is 1.